The van der Waals surface area contributed by atoms with Crippen molar-refractivity contribution in [1.29, 1.82) is 0 Å². The van der Waals surface area contributed by atoms with E-state index in [9.17, 15) is 19.2 Å². The van der Waals surface area contributed by atoms with Crippen molar-refractivity contribution in [3.63, 3.8) is 0 Å². The number of nitrogens with zero attached hydrogens (tertiary/aromatic N) is 2. The molecule has 2 rings (SSSR count). The lowest BCUT2D eigenvalue weighted by Crippen LogP contribution is -2.51. The Morgan fingerprint density at radius 3 is 2.44 bits per heavy atom. The van der Waals surface area contributed by atoms with Gasteiger partial charge in [-0.3, -0.25) is 9.36 Å². The Morgan fingerprint density at radius 2 is 1.81 bits per heavy atom. The summed E-state index contributed by atoms with van der Waals surface area (Å²) >= 11 is 0. The number of rotatable bonds is 9. The molecule has 0 spiro atoms. The van der Waals surface area contributed by atoms with Gasteiger partial charge in [0, 0.05) is 17.9 Å². The van der Waals surface area contributed by atoms with E-state index in [1.807, 2.05) is 18.2 Å². The van der Waals surface area contributed by atoms with E-state index < -0.39 is 35.7 Å². The van der Waals surface area contributed by atoms with Gasteiger partial charge in [0.05, 0.1) is 7.11 Å². The second-order valence-corrected chi connectivity index (χ2v) is 7.27. The van der Waals surface area contributed by atoms with E-state index in [0.29, 0.717) is 11.4 Å². The molecule has 2 atom stereocenters. The third-order valence-corrected chi connectivity index (χ3v) is 4.72. The van der Waals surface area contributed by atoms with E-state index in [1.165, 1.54) is 18.6 Å². The predicted octanol–water partition coefficient (Wildman–Crippen LogP) is 1.22. The highest BCUT2D eigenvalue weighted by atomic mass is 16.5. The molecular formula is C22H28N4O6. The summed E-state index contributed by atoms with van der Waals surface area (Å²) in [5, 5.41) is 5.01. The number of esters is 1. The Morgan fingerprint density at radius 1 is 1.12 bits per heavy atom. The van der Waals surface area contributed by atoms with Crippen molar-refractivity contribution in [2.24, 2.45) is 0 Å². The first-order chi connectivity index (χ1) is 15.2. The van der Waals surface area contributed by atoms with Crippen molar-refractivity contribution in [2.75, 3.05) is 7.11 Å². The van der Waals surface area contributed by atoms with E-state index in [1.54, 1.807) is 32.0 Å². The van der Waals surface area contributed by atoms with Gasteiger partial charge in [-0.05, 0) is 38.8 Å². The highest BCUT2D eigenvalue weighted by molar-refractivity contribution is 5.89. The van der Waals surface area contributed by atoms with Crippen molar-refractivity contribution < 1.29 is 23.9 Å². The second kappa shape index (κ2) is 11.6. The molecule has 0 saturated heterocycles. The van der Waals surface area contributed by atoms with Gasteiger partial charge >= 0.3 is 17.8 Å². The summed E-state index contributed by atoms with van der Waals surface area (Å²) in [6.07, 6.45) is -0.725. The molecule has 1 heterocycles. The lowest BCUT2D eigenvalue weighted by molar-refractivity contribution is -0.144. The first-order valence-corrected chi connectivity index (χ1v) is 10.1. The van der Waals surface area contributed by atoms with E-state index in [2.05, 4.69) is 20.4 Å². The maximum absolute atomic E-state index is 12.7. The SMILES string of the molecule is COC(=O)[C@@H](C)NC(=O)[C@H](CCn1c(C)cc(C)nc1=O)NC(=O)OCc1ccccc1. The molecule has 0 bridgehead atoms. The third kappa shape index (κ3) is 7.22. The van der Waals surface area contributed by atoms with Crippen molar-refractivity contribution >= 4 is 18.0 Å². The molecule has 10 heteroatoms. The van der Waals surface area contributed by atoms with Gasteiger partial charge in [0.2, 0.25) is 5.91 Å². The minimum absolute atomic E-state index is 0.0278. The van der Waals surface area contributed by atoms with Crippen LogP contribution in [-0.2, 0) is 32.2 Å². The van der Waals surface area contributed by atoms with E-state index >= 15 is 0 Å². The minimum Gasteiger partial charge on any atom is -0.467 e. The average Bonchev–Trinajstić information content (AvgIpc) is 2.76. The van der Waals surface area contributed by atoms with Crippen LogP contribution in [0.5, 0.6) is 0 Å². The van der Waals surface area contributed by atoms with Crippen LogP contribution in [-0.4, -0.2) is 46.7 Å². The Bertz CT molecular complexity index is 1010. The number of amides is 2. The van der Waals surface area contributed by atoms with Crippen LogP contribution >= 0.6 is 0 Å². The zero-order valence-corrected chi connectivity index (χ0v) is 18.6. The smallest absolute Gasteiger partial charge is 0.408 e. The van der Waals surface area contributed by atoms with Crippen LogP contribution in [0.2, 0.25) is 0 Å². The number of alkyl carbamates (subject to hydrolysis) is 1. The van der Waals surface area contributed by atoms with Gasteiger partial charge in [0.15, 0.2) is 0 Å². The van der Waals surface area contributed by atoms with Crippen molar-refractivity contribution in [3.8, 4) is 0 Å². The highest BCUT2D eigenvalue weighted by Crippen LogP contribution is 2.04. The molecule has 1 aromatic heterocycles. The molecule has 0 unspecified atom stereocenters. The number of carbonyl (C=O) groups is 3. The molecule has 0 saturated carbocycles. The van der Waals surface area contributed by atoms with Crippen molar-refractivity contribution in [1.82, 2.24) is 20.2 Å². The first-order valence-electron chi connectivity index (χ1n) is 10.1. The van der Waals surface area contributed by atoms with Gasteiger partial charge in [-0.25, -0.2) is 14.4 Å². The van der Waals surface area contributed by atoms with E-state index in [-0.39, 0.29) is 19.6 Å². The number of aromatic nitrogens is 2. The number of hydrogen-bond acceptors (Lipinski definition) is 7. The Labute approximate surface area is 185 Å². The maximum atomic E-state index is 12.7. The van der Waals surface area contributed by atoms with E-state index in [4.69, 9.17) is 4.74 Å². The standard InChI is InChI=1S/C22H28N4O6/c1-14-12-15(2)26(21(29)23-14)11-10-18(19(27)24-16(3)20(28)31-4)25-22(30)32-13-17-8-6-5-7-9-17/h5-9,12,16,18H,10-11,13H2,1-4H3,(H,24,27)(H,25,30)/t16-,18+/m1/s1. The van der Waals surface area contributed by atoms with Crippen LogP contribution in [0.4, 0.5) is 4.79 Å². The number of ether oxygens (including phenoxy) is 2. The zero-order chi connectivity index (χ0) is 23.7. The number of carbonyl (C=O) groups excluding carboxylic acids is 3. The quantitative estimate of drug-likeness (QED) is 0.557. The fourth-order valence-electron chi connectivity index (χ4n) is 3.03. The van der Waals surface area contributed by atoms with E-state index in [0.717, 1.165) is 5.56 Å². The Kier molecular flexibility index (Phi) is 8.94. The zero-order valence-electron chi connectivity index (χ0n) is 18.6. The first kappa shape index (κ1) is 24.6. The number of nitrogens with one attached hydrogen (secondary N) is 2. The molecule has 0 aliphatic heterocycles. The molecule has 32 heavy (non-hydrogen) atoms. The molecule has 2 amide bonds. The minimum atomic E-state index is -1.06. The lowest BCUT2D eigenvalue weighted by atomic mass is 10.1. The van der Waals surface area contributed by atoms with Crippen LogP contribution in [0.1, 0.15) is 30.3 Å². The molecule has 0 aliphatic rings. The molecule has 0 aliphatic carbocycles. The number of aryl methyl sites for hydroxylation is 2. The molecule has 1 aromatic carbocycles. The molecule has 172 valence electrons. The van der Waals surface area contributed by atoms with Gasteiger partial charge < -0.3 is 20.1 Å². The number of benzene rings is 1. The monoisotopic (exact) mass is 444 g/mol. The molecule has 0 fully saturated rings. The van der Waals surface area contributed by atoms with Crippen LogP contribution in [0.3, 0.4) is 0 Å². The van der Waals surface area contributed by atoms with Crippen LogP contribution in [0.15, 0.2) is 41.2 Å². The summed E-state index contributed by atoms with van der Waals surface area (Å²) in [4.78, 5) is 52.8. The normalized spacial score (nSPS) is 12.4. The van der Waals surface area contributed by atoms with Gasteiger partial charge in [0.25, 0.3) is 0 Å². The predicted molar refractivity (Wildman–Crippen MR) is 116 cm³/mol. The molecule has 0 radical (unpaired) electrons. The van der Waals surface area contributed by atoms with Gasteiger partial charge in [-0.2, -0.15) is 4.98 Å². The summed E-state index contributed by atoms with van der Waals surface area (Å²) in [6.45, 7) is 5.09. The summed E-state index contributed by atoms with van der Waals surface area (Å²) in [5.41, 5.74) is 1.61. The fourth-order valence-corrected chi connectivity index (χ4v) is 3.03. The fraction of sp³-hybridized carbons (Fsp3) is 0.409. The molecular weight excluding hydrogens is 416 g/mol. The summed E-state index contributed by atoms with van der Waals surface area (Å²) in [5.74, 6) is -1.23. The topological polar surface area (TPSA) is 129 Å². The summed E-state index contributed by atoms with van der Waals surface area (Å²) in [7, 11) is 1.21. The summed E-state index contributed by atoms with van der Waals surface area (Å²) in [6, 6.07) is 8.85. The van der Waals surface area contributed by atoms with Crippen molar-refractivity contribution in [3.05, 3.63) is 63.8 Å². The molecule has 2 aromatic rings. The Balaban J connectivity index is 2.09. The molecule has 2 N–H and O–H groups in total. The van der Waals surface area contributed by atoms with Gasteiger partial charge in [-0.15, -0.1) is 0 Å². The van der Waals surface area contributed by atoms with Gasteiger partial charge in [-0.1, -0.05) is 30.3 Å². The third-order valence-electron chi connectivity index (χ3n) is 4.72. The molecule has 10 nitrogen and oxygen atoms in total. The second-order valence-electron chi connectivity index (χ2n) is 7.27. The van der Waals surface area contributed by atoms with Crippen molar-refractivity contribution in [2.45, 2.75) is 52.4 Å². The largest absolute Gasteiger partial charge is 0.467 e. The lowest BCUT2D eigenvalue weighted by Gasteiger charge is -2.21. The maximum Gasteiger partial charge on any atom is 0.408 e. The number of hydrogen-bond donors (Lipinski definition) is 2. The van der Waals surface area contributed by atoms with Crippen LogP contribution in [0.25, 0.3) is 0 Å². The van der Waals surface area contributed by atoms with Gasteiger partial charge in [0.1, 0.15) is 18.7 Å². The number of methoxy groups -OCH3 is 1. The Hall–Kier alpha value is -3.69. The van der Waals surface area contributed by atoms with Crippen LogP contribution < -0.4 is 16.3 Å². The van der Waals surface area contributed by atoms with Crippen LogP contribution in [0, 0.1) is 13.8 Å². The average molecular weight is 444 g/mol. The summed E-state index contributed by atoms with van der Waals surface area (Å²) < 4.78 is 11.2. The highest BCUT2D eigenvalue weighted by Gasteiger charge is 2.25.